The van der Waals surface area contributed by atoms with Crippen LogP contribution in [0.4, 0.5) is 23.2 Å². The highest BCUT2D eigenvalue weighted by Crippen LogP contribution is 2.33. The van der Waals surface area contributed by atoms with E-state index in [1.165, 1.54) is 18.2 Å². The zero-order valence-electron chi connectivity index (χ0n) is 14.6. The SMILES string of the molecule is O=C(Nc1ccn[n+]([O-])c1)c1c(Oc2ccc(OC(F)(F)F)cc2)ccc(Br)c1F. The van der Waals surface area contributed by atoms with E-state index >= 15 is 0 Å². The highest BCUT2D eigenvalue weighted by atomic mass is 79.9. The minimum Gasteiger partial charge on any atom is -0.594 e. The molecule has 156 valence electrons. The highest BCUT2D eigenvalue weighted by molar-refractivity contribution is 9.10. The Morgan fingerprint density at radius 3 is 2.40 bits per heavy atom. The molecule has 30 heavy (non-hydrogen) atoms. The number of ether oxygens (including phenoxy) is 2. The average molecular weight is 488 g/mol. The van der Waals surface area contributed by atoms with Crippen LogP contribution in [0.15, 0.2) is 59.3 Å². The summed E-state index contributed by atoms with van der Waals surface area (Å²) in [5.41, 5.74) is -0.432. The van der Waals surface area contributed by atoms with E-state index in [1.54, 1.807) is 0 Å². The van der Waals surface area contributed by atoms with Gasteiger partial charge in [-0.3, -0.25) is 4.79 Å². The number of nitrogens with one attached hydrogen (secondary N) is 1. The molecular weight excluding hydrogens is 478 g/mol. The summed E-state index contributed by atoms with van der Waals surface area (Å²) < 4.78 is 60.6. The van der Waals surface area contributed by atoms with Gasteiger partial charge in [0.25, 0.3) is 5.91 Å². The molecule has 0 radical (unpaired) electrons. The fraction of sp³-hybridized carbons (Fsp3) is 0.0556. The molecule has 1 amide bonds. The largest absolute Gasteiger partial charge is 0.594 e. The lowest BCUT2D eigenvalue weighted by molar-refractivity contribution is -0.668. The van der Waals surface area contributed by atoms with Gasteiger partial charge in [0.05, 0.1) is 10.7 Å². The zero-order chi connectivity index (χ0) is 21.9. The second-order valence-corrected chi connectivity index (χ2v) is 6.48. The molecule has 0 atom stereocenters. The van der Waals surface area contributed by atoms with Crippen LogP contribution < -0.4 is 19.6 Å². The quantitative estimate of drug-likeness (QED) is 0.323. The maximum Gasteiger partial charge on any atom is 0.573 e. The summed E-state index contributed by atoms with van der Waals surface area (Å²) in [7, 11) is 0. The zero-order valence-corrected chi connectivity index (χ0v) is 16.2. The lowest BCUT2D eigenvalue weighted by atomic mass is 10.1. The van der Waals surface area contributed by atoms with Gasteiger partial charge in [-0.2, -0.15) is 0 Å². The summed E-state index contributed by atoms with van der Waals surface area (Å²) in [6.45, 7) is 0. The Bertz CT molecular complexity index is 1080. The topological polar surface area (TPSA) is 87.4 Å². The number of anilines is 1. The van der Waals surface area contributed by atoms with Crippen LogP contribution in [0.3, 0.4) is 0 Å². The minimum absolute atomic E-state index is 0.0254. The second-order valence-electron chi connectivity index (χ2n) is 5.63. The van der Waals surface area contributed by atoms with E-state index in [1.807, 2.05) is 0 Å². The van der Waals surface area contributed by atoms with Gasteiger partial charge < -0.3 is 20.0 Å². The van der Waals surface area contributed by atoms with Crippen LogP contribution in [0.5, 0.6) is 17.2 Å². The van der Waals surface area contributed by atoms with Gasteiger partial charge in [-0.05, 0) is 58.4 Å². The lowest BCUT2D eigenvalue weighted by Gasteiger charge is -2.14. The molecule has 0 unspecified atom stereocenters. The van der Waals surface area contributed by atoms with Crippen molar-refractivity contribution in [1.82, 2.24) is 5.10 Å². The fourth-order valence-electron chi connectivity index (χ4n) is 2.31. The summed E-state index contributed by atoms with van der Waals surface area (Å²) in [5, 5.41) is 16.9. The van der Waals surface area contributed by atoms with E-state index in [9.17, 15) is 27.6 Å². The number of amides is 1. The Kier molecular flexibility index (Phi) is 6.06. The lowest BCUT2D eigenvalue weighted by Crippen LogP contribution is -2.30. The summed E-state index contributed by atoms with van der Waals surface area (Å²) >= 11 is 2.97. The Hall–Kier alpha value is -3.41. The first kappa shape index (κ1) is 21.3. The van der Waals surface area contributed by atoms with Gasteiger partial charge in [-0.1, -0.05) is 4.85 Å². The van der Waals surface area contributed by atoms with Gasteiger partial charge in [0.2, 0.25) is 6.20 Å². The third kappa shape index (κ3) is 5.35. The van der Waals surface area contributed by atoms with Crippen LogP contribution in [0.25, 0.3) is 0 Å². The molecule has 1 N–H and O–H groups in total. The van der Waals surface area contributed by atoms with E-state index in [0.29, 0.717) is 0 Å². The molecule has 0 spiro atoms. The van der Waals surface area contributed by atoms with Crippen molar-refractivity contribution in [2.24, 2.45) is 0 Å². The van der Waals surface area contributed by atoms with Crippen molar-refractivity contribution in [3.63, 3.8) is 0 Å². The first-order valence-corrected chi connectivity index (χ1v) is 8.80. The predicted molar refractivity (Wildman–Crippen MR) is 98.4 cm³/mol. The predicted octanol–water partition coefficient (Wildman–Crippen LogP) is 4.56. The standard InChI is InChI=1S/C18H10BrF4N3O4/c19-13-5-6-14(29-11-1-3-12(4-2-11)30-18(21,22)23)15(16(13)20)17(27)25-10-7-8-24-26(28)9-10/h1-9H,(H,25,27). The van der Waals surface area contributed by atoms with Crippen LogP contribution >= 0.6 is 15.9 Å². The number of carbonyl (C=O) groups is 1. The van der Waals surface area contributed by atoms with Crippen LogP contribution in [0.2, 0.25) is 0 Å². The molecule has 0 saturated carbocycles. The van der Waals surface area contributed by atoms with Crippen molar-refractivity contribution < 1.29 is 36.7 Å². The van der Waals surface area contributed by atoms with Crippen molar-refractivity contribution in [2.75, 3.05) is 5.32 Å². The molecule has 3 aromatic rings. The molecule has 0 aliphatic rings. The number of benzene rings is 2. The van der Waals surface area contributed by atoms with Gasteiger partial charge in [-0.15, -0.1) is 13.2 Å². The summed E-state index contributed by atoms with van der Waals surface area (Å²) in [6.07, 6.45) is -2.74. The minimum atomic E-state index is -4.85. The third-order valence-corrected chi connectivity index (χ3v) is 4.12. The molecule has 0 saturated heterocycles. The van der Waals surface area contributed by atoms with E-state index < -0.39 is 29.4 Å². The van der Waals surface area contributed by atoms with Gasteiger partial charge in [-0.25, -0.2) is 4.39 Å². The molecule has 0 aliphatic carbocycles. The molecule has 1 aromatic heterocycles. The van der Waals surface area contributed by atoms with Crippen LogP contribution in [-0.2, 0) is 0 Å². The number of carbonyl (C=O) groups excluding carboxylic acids is 1. The smallest absolute Gasteiger partial charge is 0.573 e. The Balaban J connectivity index is 1.87. The molecule has 7 nitrogen and oxygen atoms in total. The van der Waals surface area contributed by atoms with Gasteiger partial charge >= 0.3 is 6.36 Å². The fourth-order valence-corrected chi connectivity index (χ4v) is 2.64. The van der Waals surface area contributed by atoms with Crippen LogP contribution in [-0.4, -0.2) is 17.4 Å². The van der Waals surface area contributed by atoms with Crippen molar-refractivity contribution in [3.8, 4) is 17.2 Å². The molecular formula is C18H10BrF4N3O4. The number of aromatic nitrogens is 2. The third-order valence-electron chi connectivity index (χ3n) is 3.51. The average Bonchev–Trinajstić information content (AvgIpc) is 2.65. The van der Waals surface area contributed by atoms with Crippen molar-refractivity contribution in [3.05, 3.63) is 75.9 Å². The molecule has 3 rings (SSSR count). The number of alkyl halides is 3. The summed E-state index contributed by atoms with van der Waals surface area (Å²) in [5.74, 6) is -2.51. The van der Waals surface area contributed by atoms with Gasteiger partial charge in [0, 0.05) is 5.10 Å². The summed E-state index contributed by atoms with van der Waals surface area (Å²) in [4.78, 5) is 12.8. The maximum absolute atomic E-state index is 14.6. The number of nitrogens with zero attached hydrogens (tertiary/aromatic N) is 2. The molecule has 0 fully saturated rings. The number of hydrogen-bond donors (Lipinski definition) is 1. The van der Waals surface area contributed by atoms with Crippen molar-refractivity contribution in [1.29, 1.82) is 0 Å². The maximum atomic E-state index is 14.6. The van der Waals surface area contributed by atoms with Crippen LogP contribution in [0, 0.1) is 11.0 Å². The number of halogens is 5. The normalized spacial score (nSPS) is 11.1. The second kappa shape index (κ2) is 8.53. The Labute approximate surface area is 174 Å². The van der Waals surface area contributed by atoms with Crippen molar-refractivity contribution in [2.45, 2.75) is 6.36 Å². The molecule has 2 aromatic carbocycles. The van der Waals surface area contributed by atoms with Crippen LogP contribution in [0.1, 0.15) is 10.4 Å². The number of hydrogen-bond acceptors (Lipinski definition) is 5. The van der Waals surface area contributed by atoms with Gasteiger partial charge in [0.1, 0.15) is 28.5 Å². The van der Waals surface area contributed by atoms with E-state index in [-0.39, 0.29) is 26.5 Å². The first-order valence-electron chi connectivity index (χ1n) is 8.01. The Morgan fingerprint density at radius 2 is 1.77 bits per heavy atom. The first-order chi connectivity index (χ1) is 14.1. The highest BCUT2D eigenvalue weighted by Gasteiger charge is 2.31. The Morgan fingerprint density at radius 1 is 1.10 bits per heavy atom. The summed E-state index contributed by atoms with van der Waals surface area (Å²) in [6, 6.07) is 8.23. The van der Waals surface area contributed by atoms with E-state index in [4.69, 9.17) is 4.74 Å². The molecule has 12 heteroatoms. The van der Waals surface area contributed by atoms with E-state index in [2.05, 4.69) is 31.1 Å². The molecule has 0 aliphatic heterocycles. The van der Waals surface area contributed by atoms with E-state index in [0.717, 1.165) is 36.7 Å². The molecule has 0 bridgehead atoms. The van der Waals surface area contributed by atoms with Crippen molar-refractivity contribution >= 4 is 27.5 Å². The molecule has 1 heterocycles. The van der Waals surface area contributed by atoms with Gasteiger partial charge in [0.15, 0.2) is 5.82 Å². The number of rotatable bonds is 5. The monoisotopic (exact) mass is 487 g/mol.